The van der Waals surface area contributed by atoms with Gasteiger partial charge in [0.1, 0.15) is 12.4 Å². The van der Waals surface area contributed by atoms with Crippen LogP contribution < -0.4 is 19.5 Å². The lowest BCUT2D eigenvalue weighted by molar-refractivity contribution is -0.123. The summed E-state index contributed by atoms with van der Waals surface area (Å²) in [6.45, 7) is 12.4. The van der Waals surface area contributed by atoms with Gasteiger partial charge in [-0.3, -0.25) is 19.3 Å². The molecule has 0 aliphatic carbocycles. The summed E-state index contributed by atoms with van der Waals surface area (Å²) in [6, 6.07) is 15.3. The van der Waals surface area contributed by atoms with Crippen LogP contribution in [-0.2, 0) is 9.59 Å². The molecule has 0 saturated carbocycles. The molecule has 1 aliphatic heterocycles. The second-order valence-corrected chi connectivity index (χ2v) is 12.6. The molecule has 0 atom stereocenters. The van der Waals surface area contributed by atoms with Gasteiger partial charge in [-0.15, -0.1) is 0 Å². The first-order valence-electron chi connectivity index (χ1n) is 14.4. The maximum absolute atomic E-state index is 13.2. The van der Waals surface area contributed by atoms with Gasteiger partial charge in [-0.1, -0.05) is 43.7 Å². The number of hydrogen-bond donors (Lipinski definition) is 1. The van der Waals surface area contributed by atoms with Crippen molar-refractivity contribution in [3.05, 3.63) is 85.7 Å². The van der Waals surface area contributed by atoms with E-state index in [-0.39, 0.29) is 42.7 Å². The molecule has 4 rings (SSSR count). The fraction of sp³-hybridized carbons (Fsp3) is 0.324. The maximum Gasteiger partial charge on any atom is 0.293 e. The van der Waals surface area contributed by atoms with Gasteiger partial charge >= 0.3 is 0 Å². The van der Waals surface area contributed by atoms with Gasteiger partial charge in [0.05, 0.1) is 22.5 Å². The Kier molecular flexibility index (Phi) is 11.2. The van der Waals surface area contributed by atoms with Crippen LogP contribution in [0.4, 0.5) is 10.5 Å². The van der Waals surface area contributed by atoms with E-state index in [1.165, 1.54) is 4.90 Å². The number of anilines is 1. The van der Waals surface area contributed by atoms with Crippen LogP contribution in [0.1, 0.15) is 54.5 Å². The highest BCUT2D eigenvalue weighted by atomic mass is 79.9. The third kappa shape index (κ3) is 8.24. The van der Waals surface area contributed by atoms with Gasteiger partial charge in [0.25, 0.3) is 17.1 Å². The number of rotatable bonds is 12. The Balaban J connectivity index is 1.43. The summed E-state index contributed by atoms with van der Waals surface area (Å²) >= 11 is 4.40. The van der Waals surface area contributed by atoms with Crippen LogP contribution >= 0.6 is 27.7 Å². The van der Waals surface area contributed by atoms with Crippen molar-refractivity contribution in [3.63, 3.8) is 0 Å². The average molecular weight is 682 g/mol. The number of amides is 3. The third-order valence-corrected chi connectivity index (χ3v) is 8.37. The third-order valence-electron chi connectivity index (χ3n) is 6.87. The Labute approximate surface area is 271 Å². The number of hydrogen-bond acceptors (Lipinski definition) is 7. The Hall–Kier alpha value is -3.76. The van der Waals surface area contributed by atoms with Gasteiger partial charge in [-0.25, -0.2) is 0 Å². The van der Waals surface area contributed by atoms with Crippen molar-refractivity contribution in [3.8, 4) is 17.2 Å². The Morgan fingerprint density at radius 2 is 1.70 bits per heavy atom. The fourth-order valence-corrected chi connectivity index (χ4v) is 6.13. The van der Waals surface area contributed by atoms with Gasteiger partial charge in [0, 0.05) is 5.69 Å². The molecule has 8 nitrogen and oxygen atoms in total. The number of imide groups is 1. The number of nitrogens with one attached hydrogen (secondary N) is 1. The Bertz CT molecular complexity index is 1600. The van der Waals surface area contributed by atoms with E-state index in [4.69, 9.17) is 14.2 Å². The summed E-state index contributed by atoms with van der Waals surface area (Å²) in [5.74, 6) is 1.12. The number of nitrogens with zero attached hydrogens (tertiary/aromatic N) is 1. The molecule has 0 unspecified atom stereocenters. The molecule has 0 bridgehead atoms. The van der Waals surface area contributed by atoms with E-state index in [9.17, 15) is 14.4 Å². The van der Waals surface area contributed by atoms with E-state index >= 15 is 0 Å². The highest BCUT2D eigenvalue weighted by Gasteiger charge is 2.35. The van der Waals surface area contributed by atoms with Gasteiger partial charge in [-0.05, 0) is 114 Å². The van der Waals surface area contributed by atoms with Crippen molar-refractivity contribution in [1.29, 1.82) is 0 Å². The fourth-order valence-electron chi connectivity index (χ4n) is 4.69. The number of halogens is 1. The molecule has 0 aromatic heterocycles. The second-order valence-electron chi connectivity index (χ2n) is 10.8. The van der Waals surface area contributed by atoms with Crippen LogP contribution in [0.5, 0.6) is 17.2 Å². The highest BCUT2D eigenvalue weighted by Crippen LogP contribution is 2.39. The molecular weight excluding hydrogens is 644 g/mol. The minimum absolute atomic E-state index is 0.137. The van der Waals surface area contributed by atoms with E-state index in [0.29, 0.717) is 33.0 Å². The molecular formula is C34H37BrN2O6S. The zero-order chi connectivity index (χ0) is 32.0. The number of aryl methyl sites for hydroxylation is 3. The summed E-state index contributed by atoms with van der Waals surface area (Å²) in [7, 11) is 0. The predicted molar refractivity (Wildman–Crippen MR) is 179 cm³/mol. The van der Waals surface area contributed by atoms with Crippen molar-refractivity contribution < 1.29 is 28.6 Å². The lowest BCUT2D eigenvalue weighted by atomic mass is 10.0. The molecule has 3 aromatic rings. The first kappa shape index (κ1) is 33.1. The zero-order valence-electron chi connectivity index (χ0n) is 25.8. The smallest absolute Gasteiger partial charge is 0.293 e. The molecule has 3 aromatic carbocycles. The first-order valence-corrected chi connectivity index (χ1v) is 16.0. The molecule has 1 fully saturated rings. The monoisotopic (exact) mass is 680 g/mol. The van der Waals surface area contributed by atoms with E-state index in [2.05, 4.69) is 35.1 Å². The van der Waals surface area contributed by atoms with Crippen LogP contribution in [0, 0.1) is 20.8 Å². The van der Waals surface area contributed by atoms with Crippen molar-refractivity contribution in [2.75, 3.05) is 31.7 Å². The van der Waals surface area contributed by atoms with E-state index in [1.807, 2.05) is 64.1 Å². The van der Waals surface area contributed by atoms with Crippen LogP contribution in [0.15, 0.2) is 57.9 Å². The minimum Gasteiger partial charge on any atom is -0.491 e. The minimum atomic E-state index is -0.380. The average Bonchev–Trinajstić information content (AvgIpc) is 3.21. The lowest BCUT2D eigenvalue weighted by Crippen LogP contribution is -2.32. The maximum atomic E-state index is 13.2. The summed E-state index contributed by atoms with van der Waals surface area (Å²) in [5.41, 5.74) is 5.58. The quantitative estimate of drug-likeness (QED) is 0.194. The van der Waals surface area contributed by atoms with Crippen molar-refractivity contribution >= 4 is 56.5 Å². The van der Waals surface area contributed by atoms with Crippen molar-refractivity contribution in [2.45, 2.75) is 47.5 Å². The molecule has 10 heteroatoms. The molecule has 3 amide bonds. The molecule has 44 heavy (non-hydrogen) atoms. The second kappa shape index (κ2) is 14.8. The molecule has 0 spiro atoms. The largest absolute Gasteiger partial charge is 0.491 e. The number of carbonyl (C=O) groups is 3. The molecule has 1 aliphatic rings. The van der Waals surface area contributed by atoms with Crippen molar-refractivity contribution in [1.82, 2.24) is 4.90 Å². The topological polar surface area (TPSA) is 94.2 Å². The molecule has 1 heterocycles. The summed E-state index contributed by atoms with van der Waals surface area (Å²) in [5, 5.41) is 2.52. The molecule has 1 N–H and O–H groups in total. The van der Waals surface area contributed by atoms with Crippen LogP contribution in [-0.4, -0.2) is 48.3 Å². The normalized spacial score (nSPS) is 14.0. The van der Waals surface area contributed by atoms with E-state index < -0.39 is 0 Å². The van der Waals surface area contributed by atoms with Crippen molar-refractivity contribution in [2.24, 2.45) is 0 Å². The first-order chi connectivity index (χ1) is 21.0. The van der Waals surface area contributed by atoms with Gasteiger partial charge in [-0.2, -0.15) is 0 Å². The highest BCUT2D eigenvalue weighted by molar-refractivity contribution is 9.10. The zero-order valence-corrected chi connectivity index (χ0v) is 28.2. The summed E-state index contributed by atoms with van der Waals surface area (Å²) in [6.07, 6.45) is 1.65. The molecule has 0 radical (unpaired) electrons. The van der Waals surface area contributed by atoms with E-state index in [0.717, 1.165) is 45.5 Å². The van der Waals surface area contributed by atoms with Crippen LogP contribution in [0.25, 0.3) is 6.08 Å². The van der Waals surface area contributed by atoms with Gasteiger partial charge < -0.3 is 19.5 Å². The van der Waals surface area contributed by atoms with E-state index in [1.54, 1.807) is 18.2 Å². The summed E-state index contributed by atoms with van der Waals surface area (Å²) < 4.78 is 18.2. The number of thioether (sulfide) groups is 1. The number of ether oxygens (including phenoxy) is 3. The van der Waals surface area contributed by atoms with Crippen LogP contribution in [0.3, 0.4) is 0 Å². The van der Waals surface area contributed by atoms with Gasteiger partial charge in [0.2, 0.25) is 0 Å². The standard InChI is InChI=1S/C34H37BrN2O6S/c1-7-41-29-17-24(16-26(35)32(29)43-19-31(38)36-27-11-9-21(4)14-23(27)6)18-30-33(39)37(34(40)44-30)12-13-42-28-15-22(5)8-10-25(28)20(2)3/h8-11,14-18,20H,7,12-13,19H2,1-6H3,(H,36,38)/b30-18-. The number of carbonyl (C=O) groups excluding carboxylic acids is 3. The van der Waals surface area contributed by atoms with Crippen LogP contribution in [0.2, 0.25) is 0 Å². The SMILES string of the molecule is CCOc1cc(/C=C2\SC(=O)N(CCOc3cc(C)ccc3C(C)C)C2=O)cc(Br)c1OCC(=O)Nc1ccc(C)cc1C. The molecule has 1 saturated heterocycles. The predicted octanol–water partition coefficient (Wildman–Crippen LogP) is 8.03. The Morgan fingerprint density at radius 3 is 2.41 bits per heavy atom. The summed E-state index contributed by atoms with van der Waals surface area (Å²) in [4.78, 5) is 40.0. The Morgan fingerprint density at radius 1 is 0.977 bits per heavy atom. The van der Waals surface area contributed by atoms with Gasteiger partial charge in [0.15, 0.2) is 18.1 Å². The lowest BCUT2D eigenvalue weighted by Gasteiger charge is -2.17. The number of benzene rings is 3. The molecule has 232 valence electrons.